The summed E-state index contributed by atoms with van der Waals surface area (Å²) in [5, 5.41) is 0. The van der Waals surface area contributed by atoms with Crippen molar-refractivity contribution in [2.45, 2.75) is 30.7 Å². The fourth-order valence-electron chi connectivity index (χ4n) is 0.678. The number of rotatable bonds is 5. The number of hydrogen-bond acceptors (Lipinski definition) is 5. The molecule has 98 valence electrons. The van der Waals surface area contributed by atoms with Crippen LogP contribution in [0.4, 0.5) is 13.2 Å². The molecule has 0 aliphatic carbocycles. The average Bonchev–Trinajstić information content (AvgIpc) is 1.99. The van der Waals surface area contributed by atoms with E-state index >= 15 is 0 Å². The predicted molar refractivity (Wildman–Crippen MR) is 46.3 cm³/mol. The monoisotopic (exact) mass is 286 g/mol. The molecular weight excluding hydrogens is 277 g/mol. The third-order valence-corrected chi connectivity index (χ3v) is 3.54. The first-order valence-electron chi connectivity index (χ1n) is 3.87. The molecule has 0 spiro atoms. The fourth-order valence-corrected chi connectivity index (χ4v) is 2.41. The van der Waals surface area contributed by atoms with Crippen LogP contribution in [0.3, 0.4) is 0 Å². The first-order chi connectivity index (χ1) is 6.92. The largest absolute Gasteiger partial charge is 0.523 e. The van der Waals surface area contributed by atoms with Gasteiger partial charge in [-0.15, -0.1) is 0 Å². The van der Waals surface area contributed by atoms with E-state index in [4.69, 9.17) is 4.55 Å². The molecule has 0 heterocycles. The van der Waals surface area contributed by atoms with Gasteiger partial charge in [0.1, 0.15) is 0 Å². The second-order valence-corrected chi connectivity index (χ2v) is 5.85. The Kier molecular flexibility index (Phi) is 4.74. The van der Waals surface area contributed by atoms with Crippen molar-refractivity contribution >= 4 is 20.2 Å². The third kappa shape index (κ3) is 4.23. The van der Waals surface area contributed by atoms with E-state index in [1.165, 1.54) is 6.92 Å². The molecule has 6 nitrogen and oxygen atoms in total. The summed E-state index contributed by atoms with van der Waals surface area (Å²) in [6.07, 6.45) is -0.564. The van der Waals surface area contributed by atoms with Gasteiger partial charge in [0.05, 0.1) is 0 Å². The lowest BCUT2D eigenvalue weighted by atomic mass is 10.4. The van der Waals surface area contributed by atoms with Crippen LogP contribution < -0.4 is 0 Å². The Balaban J connectivity index is 5.08. The molecule has 0 saturated carbocycles. The zero-order valence-electron chi connectivity index (χ0n) is 7.93. The van der Waals surface area contributed by atoms with Crippen molar-refractivity contribution in [2.24, 2.45) is 0 Å². The van der Waals surface area contributed by atoms with Gasteiger partial charge in [0.2, 0.25) is 5.44 Å². The Hall–Kier alpha value is -0.390. The molecule has 0 saturated heterocycles. The van der Waals surface area contributed by atoms with Gasteiger partial charge in [-0.1, -0.05) is 13.3 Å². The molecule has 0 aromatic rings. The topological polar surface area (TPSA) is 97.7 Å². The molecule has 0 bridgehead atoms. The Morgan fingerprint density at radius 3 is 1.94 bits per heavy atom. The molecule has 0 radical (unpaired) electrons. The van der Waals surface area contributed by atoms with Crippen molar-refractivity contribution in [3.63, 3.8) is 0 Å². The van der Waals surface area contributed by atoms with Crippen LogP contribution in [0.5, 0.6) is 0 Å². The van der Waals surface area contributed by atoms with Crippen LogP contribution in [0, 0.1) is 0 Å². The van der Waals surface area contributed by atoms with Gasteiger partial charge in [0, 0.05) is 0 Å². The van der Waals surface area contributed by atoms with E-state index in [9.17, 15) is 30.0 Å². The van der Waals surface area contributed by atoms with E-state index < -0.39 is 37.6 Å². The second kappa shape index (κ2) is 4.85. The Morgan fingerprint density at radius 2 is 1.69 bits per heavy atom. The van der Waals surface area contributed by atoms with E-state index in [1.54, 1.807) is 0 Å². The minimum absolute atomic E-state index is 0.0117. The van der Waals surface area contributed by atoms with Crippen LogP contribution in [0.2, 0.25) is 0 Å². The highest BCUT2D eigenvalue weighted by atomic mass is 32.2. The molecule has 0 aliphatic heterocycles. The minimum Gasteiger partial charge on any atom is -0.284 e. The molecule has 0 rings (SSSR count). The molecule has 0 amide bonds. The van der Waals surface area contributed by atoms with Crippen molar-refractivity contribution in [1.82, 2.24) is 0 Å². The summed E-state index contributed by atoms with van der Waals surface area (Å²) >= 11 is 0. The van der Waals surface area contributed by atoms with Crippen LogP contribution in [-0.4, -0.2) is 32.3 Å². The molecule has 0 aromatic heterocycles. The quantitative estimate of drug-likeness (QED) is 0.457. The maximum atomic E-state index is 11.8. The summed E-state index contributed by atoms with van der Waals surface area (Å²) < 4.78 is 89.3. The van der Waals surface area contributed by atoms with Gasteiger partial charge >= 0.3 is 15.6 Å². The Bertz CT molecular complexity index is 422. The molecular formula is C5H9F3O6S2. The van der Waals surface area contributed by atoms with Crippen LogP contribution in [-0.2, 0) is 24.4 Å². The predicted octanol–water partition coefficient (Wildman–Crippen LogP) is 0.867. The van der Waals surface area contributed by atoms with Crippen molar-refractivity contribution in [3.05, 3.63) is 0 Å². The van der Waals surface area contributed by atoms with E-state index in [0.29, 0.717) is 0 Å². The second-order valence-electron chi connectivity index (χ2n) is 2.73. The van der Waals surface area contributed by atoms with Crippen LogP contribution in [0.15, 0.2) is 0 Å². The SMILES string of the molecule is CCCC(OS(=O)(=O)C(F)(F)F)S(=O)(=O)O. The molecule has 1 N–H and O–H groups in total. The molecule has 11 heteroatoms. The summed E-state index contributed by atoms with van der Waals surface area (Å²) in [6.45, 7) is 1.38. The Morgan fingerprint density at radius 1 is 1.25 bits per heavy atom. The van der Waals surface area contributed by atoms with Crippen molar-refractivity contribution < 1.29 is 38.7 Å². The van der Waals surface area contributed by atoms with Gasteiger partial charge in [-0.05, 0) is 6.42 Å². The number of alkyl halides is 3. The van der Waals surface area contributed by atoms with E-state index in [0.717, 1.165) is 0 Å². The standard InChI is InChI=1S/C5H9F3O6S2/c1-2-3-4(15(9,10)11)14-16(12,13)5(6,7)8/h4H,2-3H2,1H3,(H,9,10,11). The van der Waals surface area contributed by atoms with Gasteiger partial charge in [-0.25, -0.2) is 4.18 Å². The lowest BCUT2D eigenvalue weighted by Crippen LogP contribution is -2.33. The van der Waals surface area contributed by atoms with Gasteiger partial charge in [-0.3, -0.25) is 4.55 Å². The normalized spacial score (nSPS) is 16.1. The molecule has 16 heavy (non-hydrogen) atoms. The van der Waals surface area contributed by atoms with Gasteiger partial charge in [0.15, 0.2) is 0 Å². The summed E-state index contributed by atoms with van der Waals surface area (Å²) in [7, 11) is -11.1. The lowest BCUT2D eigenvalue weighted by molar-refractivity contribution is -0.0554. The molecule has 0 fully saturated rings. The summed E-state index contributed by atoms with van der Waals surface area (Å²) in [5.41, 5.74) is -8.17. The van der Waals surface area contributed by atoms with E-state index in [2.05, 4.69) is 4.18 Å². The highest BCUT2D eigenvalue weighted by Gasteiger charge is 2.50. The number of halogens is 3. The average molecular weight is 286 g/mol. The molecule has 1 atom stereocenters. The first kappa shape index (κ1) is 15.6. The summed E-state index contributed by atoms with van der Waals surface area (Å²) in [6, 6.07) is 0. The summed E-state index contributed by atoms with van der Waals surface area (Å²) in [4.78, 5) is 0. The highest BCUT2D eigenvalue weighted by Crippen LogP contribution is 2.27. The van der Waals surface area contributed by atoms with E-state index in [-0.39, 0.29) is 6.42 Å². The van der Waals surface area contributed by atoms with Crippen LogP contribution >= 0.6 is 0 Å². The summed E-state index contributed by atoms with van der Waals surface area (Å²) in [5.74, 6) is 0. The van der Waals surface area contributed by atoms with Gasteiger partial charge in [0.25, 0.3) is 10.1 Å². The molecule has 1 unspecified atom stereocenters. The minimum atomic E-state index is -6.04. The molecule has 0 aliphatic rings. The lowest BCUT2D eigenvalue weighted by Gasteiger charge is -2.14. The van der Waals surface area contributed by atoms with Crippen LogP contribution in [0.1, 0.15) is 19.8 Å². The number of hydrogen-bond donors (Lipinski definition) is 1. The van der Waals surface area contributed by atoms with Gasteiger partial charge < -0.3 is 0 Å². The van der Waals surface area contributed by atoms with Crippen molar-refractivity contribution in [2.75, 3.05) is 0 Å². The fraction of sp³-hybridized carbons (Fsp3) is 1.00. The maximum Gasteiger partial charge on any atom is 0.523 e. The zero-order chi connectivity index (χ0) is 13.2. The third-order valence-electron chi connectivity index (χ3n) is 1.37. The smallest absolute Gasteiger partial charge is 0.284 e. The van der Waals surface area contributed by atoms with Crippen molar-refractivity contribution in [3.8, 4) is 0 Å². The van der Waals surface area contributed by atoms with Gasteiger partial charge in [-0.2, -0.15) is 30.0 Å². The van der Waals surface area contributed by atoms with E-state index in [1.807, 2.05) is 0 Å². The zero-order valence-corrected chi connectivity index (χ0v) is 9.56. The maximum absolute atomic E-state index is 11.8. The van der Waals surface area contributed by atoms with Crippen molar-refractivity contribution in [1.29, 1.82) is 0 Å². The highest BCUT2D eigenvalue weighted by molar-refractivity contribution is 7.90. The van der Waals surface area contributed by atoms with Crippen LogP contribution in [0.25, 0.3) is 0 Å². The molecule has 0 aromatic carbocycles. The Labute approximate surface area is 90.3 Å². The first-order valence-corrected chi connectivity index (χ1v) is 6.79.